The van der Waals surface area contributed by atoms with Crippen LogP contribution in [0, 0.1) is 0 Å². The molecule has 0 spiro atoms. The minimum Gasteiger partial charge on any atom is -0.382 e. The van der Waals surface area contributed by atoms with Gasteiger partial charge in [0, 0.05) is 11.7 Å². The Labute approximate surface area is 118 Å². The molecule has 0 bridgehead atoms. The Morgan fingerprint density at radius 1 is 0.842 bits per heavy atom. The number of hydrogen-bond acceptors (Lipinski definition) is 1. The van der Waals surface area contributed by atoms with E-state index >= 15 is 0 Å². The molecule has 0 saturated heterocycles. The summed E-state index contributed by atoms with van der Waals surface area (Å²) in [7, 11) is 0. The molecule has 1 fully saturated rings. The SMILES string of the molecule is CC(C)c1cc(NC2CCCCC2)cc(C(C)C)c1. The molecule has 1 nitrogen and oxygen atoms in total. The summed E-state index contributed by atoms with van der Waals surface area (Å²) in [4.78, 5) is 0. The molecule has 1 aromatic rings. The van der Waals surface area contributed by atoms with Crippen LogP contribution in [0.3, 0.4) is 0 Å². The zero-order chi connectivity index (χ0) is 13.8. The Morgan fingerprint density at radius 2 is 1.37 bits per heavy atom. The maximum absolute atomic E-state index is 3.77. The van der Waals surface area contributed by atoms with Crippen LogP contribution in [0.5, 0.6) is 0 Å². The molecular formula is C18H29N. The molecular weight excluding hydrogens is 230 g/mol. The Balaban J connectivity index is 2.18. The van der Waals surface area contributed by atoms with Crippen molar-refractivity contribution in [1.29, 1.82) is 0 Å². The van der Waals surface area contributed by atoms with Crippen molar-refractivity contribution in [3.63, 3.8) is 0 Å². The van der Waals surface area contributed by atoms with E-state index in [2.05, 4.69) is 51.2 Å². The molecule has 106 valence electrons. The van der Waals surface area contributed by atoms with Gasteiger partial charge in [0.05, 0.1) is 0 Å². The van der Waals surface area contributed by atoms with Gasteiger partial charge in [-0.3, -0.25) is 0 Å². The normalized spacial score (nSPS) is 17.2. The standard InChI is InChI=1S/C18H29N/c1-13(2)15-10-16(14(3)4)12-18(11-15)19-17-8-6-5-7-9-17/h10-14,17,19H,5-9H2,1-4H3. The van der Waals surface area contributed by atoms with E-state index in [0.29, 0.717) is 17.9 Å². The monoisotopic (exact) mass is 259 g/mol. The van der Waals surface area contributed by atoms with E-state index < -0.39 is 0 Å². The molecule has 0 radical (unpaired) electrons. The number of nitrogens with one attached hydrogen (secondary N) is 1. The zero-order valence-electron chi connectivity index (χ0n) is 13.0. The number of anilines is 1. The van der Waals surface area contributed by atoms with Crippen molar-refractivity contribution in [3.05, 3.63) is 29.3 Å². The third kappa shape index (κ3) is 3.99. The number of rotatable bonds is 4. The van der Waals surface area contributed by atoms with Crippen LogP contribution < -0.4 is 5.32 Å². The molecule has 1 N–H and O–H groups in total. The Kier molecular flexibility index (Phi) is 4.90. The average Bonchev–Trinajstić information content (AvgIpc) is 2.39. The molecule has 0 amide bonds. The van der Waals surface area contributed by atoms with Crippen LogP contribution in [0.25, 0.3) is 0 Å². The number of benzene rings is 1. The maximum Gasteiger partial charge on any atom is 0.0348 e. The van der Waals surface area contributed by atoms with Gasteiger partial charge in [-0.05, 0) is 47.9 Å². The van der Waals surface area contributed by atoms with Gasteiger partial charge in [0.25, 0.3) is 0 Å². The Morgan fingerprint density at radius 3 is 1.84 bits per heavy atom. The predicted molar refractivity (Wildman–Crippen MR) is 85.1 cm³/mol. The first-order valence-corrected chi connectivity index (χ1v) is 7.97. The van der Waals surface area contributed by atoms with Crippen molar-refractivity contribution in [2.45, 2.75) is 77.7 Å². The fraction of sp³-hybridized carbons (Fsp3) is 0.667. The molecule has 0 atom stereocenters. The van der Waals surface area contributed by atoms with E-state index in [0.717, 1.165) is 0 Å². The van der Waals surface area contributed by atoms with Crippen molar-refractivity contribution in [2.75, 3.05) is 5.32 Å². The first-order valence-electron chi connectivity index (χ1n) is 7.97. The molecule has 1 heteroatoms. The maximum atomic E-state index is 3.77. The largest absolute Gasteiger partial charge is 0.382 e. The summed E-state index contributed by atoms with van der Waals surface area (Å²) in [6.45, 7) is 9.13. The summed E-state index contributed by atoms with van der Waals surface area (Å²) in [5.74, 6) is 1.20. The predicted octanol–water partition coefficient (Wildman–Crippen LogP) is 5.68. The van der Waals surface area contributed by atoms with Gasteiger partial charge in [0.15, 0.2) is 0 Å². The fourth-order valence-electron chi connectivity index (χ4n) is 2.91. The molecule has 0 heterocycles. The summed E-state index contributed by atoms with van der Waals surface area (Å²) < 4.78 is 0. The summed E-state index contributed by atoms with van der Waals surface area (Å²) in [5, 5.41) is 3.77. The molecule has 2 rings (SSSR count). The molecule has 1 aromatic carbocycles. The van der Waals surface area contributed by atoms with Crippen LogP contribution in [0.1, 0.15) is 82.8 Å². The highest BCUT2D eigenvalue weighted by Crippen LogP contribution is 2.28. The Hall–Kier alpha value is -0.980. The van der Waals surface area contributed by atoms with E-state index in [4.69, 9.17) is 0 Å². The highest BCUT2D eigenvalue weighted by atomic mass is 14.9. The Bertz CT molecular complexity index is 374. The second-order valence-electron chi connectivity index (χ2n) is 6.68. The van der Waals surface area contributed by atoms with Gasteiger partial charge in [0.2, 0.25) is 0 Å². The van der Waals surface area contributed by atoms with Crippen LogP contribution in [0.2, 0.25) is 0 Å². The minimum absolute atomic E-state index is 0.602. The van der Waals surface area contributed by atoms with Gasteiger partial charge in [-0.25, -0.2) is 0 Å². The highest BCUT2D eigenvalue weighted by molar-refractivity contribution is 5.51. The van der Waals surface area contributed by atoms with Crippen molar-refractivity contribution >= 4 is 5.69 Å². The second kappa shape index (κ2) is 6.45. The molecule has 19 heavy (non-hydrogen) atoms. The van der Waals surface area contributed by atoms with Crippen molar-refractivity contribution in [2.24, 2.45) is 0 Å². The molecule has 0 aliphatic heterocycles. The van der Waals surface area contributed by atoms with E-state index in [-0.39, 0.29) is 0 Å². The van der Waals surface area contributed by atoms with Crippen molar-refractivity contribution in [1.82, 2.24) is 0 Å². The van der Waals surface area contributed by atoms with Crippen LogP contribution in [0.4, 0.5) is 5.69 Å². The van der Waals surface area contributed by atoms with E-state index in [1.54, 1.807) is 0 Å². The third-order valence-corrected chi connectivity index (χ3v) is 4.29. The van der Waals surface area contributed by atoms with Gasteiger partial charge in [-0.2, -0.15) is 0 Å². The lowest BCUT2D eigenvalue weighted by Gasteiger charge is -2.25. The van der Waals surface area contributed by atoms with Crippen LogP contribution in [-0.2, 0) is 0 Å². The van der Waals surface area contributed by atoms with Gasteiger partial charge in [0.1, 0.15) is 0 Å². The quantitative estimate of drug-likeness (QED) is 0.733. The highest BCUT2D eigenvalue weighted by Gasteiger charge is 2.14. The summed E-state index contributed by atoms with van der Waals surface area (Å²) in [6, 6.07) is 7.77. The van der Waals surface area contributed by atoms with Gasteiger partial charge in [-0.15, -0.1) is 0 Å². The van der Waals surface area contributed by atoms with Crippen molar-refractivity contribution in [3.8, 4) is 0 Å². The first kappa shape index (κ1) is 14.4. The average molecular weight is 259 g/mol. The van der Waals surface area contributed by atoms with E-state index in [1.807, 2.05) is 0 Å². The zero-order valence-corrected chi connectivity index (χ0v) is 13.0. The second-order valence-corrected chi connectivity index (χ2v) is 6.68. The summed E-state index contributed by atoms with van der Waals surface area (Å²) in [6.07, 6.45) is 6.87. The molecule has 0 unspecified atom stereocenters. The molecule has 1 aliphatic rings. The van der Waals surface area contributed by atoms with E-state index in [1.165, 1.54) is 48.9 Å². The van der Waals surface area contributed by atoms with Crippen molar-refractivity contribution < 1.29 is 0 Å². The lowest BCUT2D eigenvalue weighted by Crippen LogP contribution is -2.22. The molecule has 0 aromatic heterocycles. The van der Waals surface area contributed by atoms with Gasteiger partial charge < -0.3 is 5.32 Å². The van der Waals surface area contributed by atoms with Crippen LogP contribution in [-0.4, -0.2) is 6.04 Å². The summed E-state index contributed by atoms with van der Waals surface area (Å²) >= 11 is 0. The van der Waals surface area contributed by atoms with Gasteiger partial charge in [-0.1, -0.05) is 53.0 Å². The molecule has 1 saturated carbocycles. The smallest absolute Gasteiger partial charge is 0.0348 e. The topological polar surface area (TPSA) is 12.0 Å². The number of hydrogen-bond donors (Lipinski definition) is 1. The summed E-state index contributed by atoms with van der Waals surface area (Å²) in [5.41, 5.74) is 4.26. The van der Waals surface area contributed by atoms with Crippen LogP contribution in [0.15, 0.2) is 18.2 Å². The molecule has 1 aliphatic carbocycles. The van der Waals surface area contributed by atoms with Gasteiger partial charge >= 0.3 is 0 Å². The minimum atomic E-state index is 0.602. The lowest BCUT2D eigenvalue weighted by atomic mass is 9.93. The lowest BCUT2D eigenvalue weighted by molar-refractivity contribution is 0.462. The van der Waals surface area contributed by atoms with Crippen LogP contribution >= 0.6 is 0 Å². The fourth-order valence-corrected chi connectivity index (χ4v) is 2.91. The first-order chi connectivity index (χ1) is 9.06. The van der Waals surface area contributed by atoms with E-state index in [9.17, 15) is 0 Å². The third-order valence-electron chi connectivity index (χ3n) is 4.29.